The summed E-state index contributed by atoms with van der Waals surface area (Å²) in [5, 5.41) is 0. The quantitative estimate of drug-likeness (QED) is 0.421. The molecule has 0 aromatic rings. The fourth-order valence-electron chi connectivity index (χ4n) is 0.769. The molecule has 0 heterocycles. The van der Waals surface area contributed by atoms with Gasteiger partial charge in [-0.3, -0.25) is 0 Å². The van der Waals surface area contributed by atoms with E-state index in [1.807, 2.05) is 31.8 Å². The maximum atomic E-state index is 5.29. The van der Waals surface area contributed by atoms with E-state index < -0.39 is 0 Å². The molecule has 13 heavy (non-hydrogen) atoms. The monoisotopic (exact) mass is 302 g/mol. The Hall–Kier alpha value is 0.928. The molecule has 0 rings (SSSR count). The minimum absolute atomic E-state index is 1.06. The first-order valence-corrected chi connectivity index (χ1v) is 7.12. The first-order chi connectivity index (χ1) is 6.22. The van der Waals surface area contributed by atoms with Gasteiger partial charge in [0.2, 0.25) is 0 Å². The molecule has 0 amide bonds. The van der Waals surface area contributed by atoms with Crippen LogP contribution in [0.4, 0.5) is 0 Å². The van der Waals surface area contributed by atoms with Gasteiger partial charge in [-0.15, -0.1) is 0 Å². The van der Waals surface area contributed by atoms with Crippen LogP contribution in [0.2, 0.25) is 0 Å². The third-order valence-corrected chi connectivity index (χ3v) is 4.69. The zero-order chi connectivity index (χ0) is 10.1. The van der Waals surface area contributed by atoms with E-state index in [2.05, 4.69) is 17.3 Å². The molecular weight excluding hydrogens is 282 g/mol. The molecule has 0 radical (unpaired) electrons. The second-order valence-corrected chi connectivity index (χ2v) is 5.74. The summed E-state index contributed by atoms with van der Waals surface area (Å²) in [5.74, 6) is 1.17. The average molecular weight is 300 g/mol. The predicted molar refractivity (Wildman–Crippen MR) is 61.6 cm³/mol. The Morgan fingerprint density at radius 3 is 2.46 bits per heavy atom. The summed E-state index contributed by atoms with van der Waals surface area (Å²) in [6, 6.07) is 0. The van der Waals surface area contributed by atoms with E-state index in [4.69, 9.17) is 12.2 Å². The predicted octanol–water partition coefficient (Wildman–Crippen LogP) is 3.37. The molecule has 0 aromatic carbocycles. The van der Waals surface area contributed by atoms with Crippen molar-refractivity contribution in [1.29, 1.82) is 0 Å². The van der Waals surface area contributed by atoms with Crippen LogP contribution in [0.1, 0.15) is 39.5 Å². The summed E-state index contributed by atoms with van der Waals surface area (Å²) in [4.78, 5) is 0. The Bertz CT molecular complexity index is 142. The molecule has 4 heteroatoms. The maximum absolute atomic E-state index is 5.29. The van der Waals surface area contributed by atoms with E-state index >= 15 is 0 Å². The molecule has 1 nitrogen and oxygen atoms in total. The number of hydrogen-bond donors (Lipinski definition) is 0. The topological polar surface area (TPSA) is 3.24 Å². The summed E-state index contributed by atoms with van der Waals surface area (Å²) in [7, 11) is 0. The number of unbranched alkanes of at least 4 members (excludes halogenated alkanes) is 2. The summed E-state index contributed by atoms with van der Waals surface area (Å²) < 4.78 is 3.27. The standard InChI is InChI=1S/C9H19NS2.Mo/c1-3-5-7-10-9(11)12-8-6-4-2;/h3-8H2,1-2H3,(H,10,11);/q;+1/p-1. The van der Waals surface area contributed by atoms with Crippen LogP contribution in [0.15, 0.2) is 0 Å². The molecule has 0 saturated carbocycles. The molecule has 0 bridgehead atoms. The first-order valence-electron chi connectivity index (χ1n) is 4.83. The van der Waals surface area contributed by atoms with Crippen LogP contribution in [-0.4, -0.2) is 20.1 Å². The van der Waals surface area contributed by atoms with Crippen LogP contribution in [0, 0.1) is 0 Å². The van der Waals surface area contributed by atoms with Crippen molar-refractivity contribution in [1.82, 2.24) is 3.46 Å². The minimum atomic E-state index is 1.06. The van der Waals surface area contributed by atoms with Crippen LogP contribution in [0.3, 0.4) is 0 Å². The second-order valence-electron chi connectivity index (χ2n) is 2.92. The van der Waals surface area contributed by atoms with Crippen molar-refractivity contribution in [2.75, 3.05) is 12.3 Å². The van der Waals surface area contributed by atoms with E-state index in [0.29, 0.717) is 0 Å². The van der Waals surface area contributed by atoms with Gasteiger partial charge in [-0.1, -0.05) is 0 Å². The van der Waals surface area contributed by atoms with Crippen molar-refractivity contribution in [2.24, 2.45) is 0 Å². The number of thiocarbonyl (C=S) groups is 1. The second kappa shape index (κ2) is 9.48. The number of thioether (sulfide) groups is 1. The molecule has 0 aliphatic carbocycles. The molecule has 77 valence electrons. The summed E-state index contributed by atoms with van der Waals surface area (Å²) in [6.07, 6.45) is 5.02. The Labute approximate surface area is 103 Å². The van der Waals surface area contributed by atoms with Gasteiger partial charge in [0, 0.05) is 0 Å². The van der Waals surface area contributed by atoms with Crippen LogP contribution in [0.25, 0.3) is 0 Å². The van der Waals surface area contributed by atoms with Crippen molar-refractivity contribution >= 4 is 28.3 Å². The van der Waals surface area contributed by atoms with Gasteiger partial charge in [0.25, 0.3) is 0 Å². The number of nitrogens with zero attached hydrogens (tertiary/aromatic N) is 1. The van der Waals surface area contributed by atoms with Crippen LogP contribution in [-0.2, 0) is 20.1 Å². The zero-order valence-corrected chi connectivity index (χ0v) is 12.1. The molecule has 0 N–H and O–H groups in total. The van der Waals surface area contributed by atoms with Crippen molar-refractivity contribution in [3.8, 4) is 0 Å². The van der Waals surface area contributed by atoms with Crippen molar-refractivity contribution in [2.45, 2.75) is 39.5 Å². The molecule has 0 spiro atoms. The Kier molecular flexibility index (Phi) is 10.2. The van der Waals surface area contributed by atoms with Gasteiger partial charge in [0.15, 0.2) is 0 Å². The van der Waals surface area contributed by atoms with Crippen LogP contribution >= 0.6 is 24.0 Å². The zero-order valence-electron chi connectivity index (χ0n) is 8.41. The number of hydrogen-bond acceptors (Lipinski definition) is 2. The molecule has 0 aromatic heterocycles. The first kappa shape index (κ1) is 13.9. The van der Waals surface area contributed by atoms with E-state index in [9.17, 15) is 0 Å². The number of rotatable bonds is 6. The Balaban J connectivity index is 3.45. The van der Waals surface area contributed by atoms with E-state index in [0.717, 1.165) is 10.9 Å². The molecule has 0 aliphatic rings. The van der Waals surface area contributed by atoms with E-state index in [1.54, 1.807) is 0 Å². The molecule has 0 fully saturated rings. The van der Waals surface area contributed by atoms with Crippen molar-refractivity contribution < 1.29 is 20.1 Å². The van der Waals surface area contributed by atoms with E-state index in [-0.39, 0.29) is 0 Å². The van der Waals surface area contributed by atoms with Gasteiger partial charge in [-0.2, -0.15) is 0 Å². The summed E-state index contributed by atoms with van der Waals surface area (Å²) in [6.45, 7) is 5.53. The third-order valence-electron chi connectivity index (χ3n) is 1.64. The molecule has 0 unspecified atom stereocenters. The molecule has 0 atom stereocenters. The van der Waals surface area contributed by atoms with E-state index in [1.165, 1.54) is 31.4 Å². The van der Waals surface area contributed by atoms with Crippen LogP contribution < -0.4 is 0 Å². The Morgan fingerprint density at radius 1 is 1.31 bits per heavy atom. The van der Waals surface area contributed by atoms with Gasteiger partial charge in [0.05, 0.1) is 0 Å². The summed E-state index contributed by atoms with van der Waals surface area (Å²) >= 11 is 9.14. The molecular formula is C9H18MoNS2. The van der Waals surface area contributed by atoms with Gasteiger partial charge >= 0.3 is 104 Å². The fourth-order valence-corrected chi connectivity index (χ4v) is 2.66. The van der Waals surface area contributed by atoms with Crippen molar-refractivity contribution in [3.05, 3.63) is 0 Å². The normalized spacial score (nSPS) is 10.0. The summed E-state index contributed by atoms with van der Waals surface area (Å²) in [5.41, 5.74) is 0. The van der Waals surface area contributed by atoms with Crippen LogP contribution in [0.5, 0.6) is 0 Å². The fraction of sp³-hybridized carbons (Fsp3) is 0.889. The van der Waals surface area contributed by atoms with Gasteiger partial charge < -0.3 is 0 Å². The van der Waals surface area contributed by atoms with Crippen molar-refractivity contribution in [3.63, 3.8) is 0 Å². The molecule has 0 saturated heterocycles. The SMILES string of the molecule is CCCCSC(=S)[N]([Mo])CCCC. The average Bonchev–Trinajstić information content (AvgIpc) is 2.14. The van der Waals surface area contributed by atoms with Gasteiger partial charge in [-0.25, -0.2) is 0 Å². The Morgan fingerprint density at radius 2 is 1.92 bits per heavy atom. The third kappa shape index (κ3) is 7.96. The van der Waals surface area contributed by atoms with Gasteiger partial charge in [-0.05, 0) is 0 Å². The van der Waals surface area contributed by atoms with Gasteiger partial charge in [0.1, 0.15) is 0 Å². The molecule has 0 aliphatic heterocycles.